The average molecular weight is 344 g/mol. The largest absolute Gasteiger partial charge is 0.507 e. The molecule has 2 aromatic rings. The van der Waals surface area contributed by atoms with Crippen molar-refractivity contribution in [2.45, 2.75) is 12.3 Å². The minimum Gasteiger partial charge on any atom is -0.507 e. The molecule has 3 rings (SSSR count). The Morgan fingerprint density at radius 1 is 0.880 bits per heavy atom. The van der Waals surface area contributed by atoms with Crippen molar-refractivity contribution in [2.75, 3.05) is 13.2 Å². The predicted octanol–water partition coefficient (Wildman–Crippen LogP) is 1.04. The number of hydrogen-bond donors (Lipinski definition) is 5. The fraction of sp³-hybridized carbons (Fsp3) is 0.222. The third-order valence-electron chi connectivity index (χ3n) is 4.41. The number of fused-ring (bicyclic) bond motifs is 2. The van der Waals surface area contributed by atoms with Crippen LogP contribution in [0.3, 0.4) is 0 Å². The van der Waals surface area contributed by atoms with E-state index in [1.54, 1.807) is 0 Å². The van der Waals surface area contributed by atoms with Crippen LogP contribution >= 0.6 is 0 Å². The lowest BCUT2D eigenvalue weighted by Gasteiger charge is -2.23. The van der Waals surface area contributed by atoms with Crippen LogP contribution in [0.25, 0.3) is 0 Å². The lowest BCUT2D eigenvalue weighted by molar-refractivity contribution is 0.0973. The number of hydrogen-bond acceptors (Lipinski definition) is 7. The number of carbonyl (C=O) groups excluding carboxylic acids is 2. The molecule has 0 saturated heterocycles. The summed E-state index contributed by atoms with van der Waals surface area (Å²) < 4.78 is 0. The molecule has 1 aliphatic carbocycles. The Labute approximate surface area is 142 Å². The van der Waals surface area contributed by atoms with E-state index in [4.69, 9.17) is 5.11 Å². The predicted molar refractivity (Wildman–Crippen MR) is 86.3 cm³/mol. The van der Waals surface area contributed by atoms with Gasteiger partial charge in [-0.1, -0.05) is 12.1 Å². The van der Waals surface area contributed by atoms with Crippen LogP contribution < -0.4 is 0 Å². The molecule has 7 heteroatoms. The van der Waals surface area contributed by atoms with Gasteiger partial charge in [0.05, 0.1) is 17.7 Å². The molecule has 5 N–H and O–H groups in total. The summed E-state index contributed by atoms with van der Waals surface area (Å²) in [5, 5.41) is 49.2. The highest BCUT2D eigenvalue weighted by Crippen LogP contribution is 2.44. The summed E-state index contributed by atoms with van der Waals surface area (Å²) in [4.78, 5) is 25.4. The second kappa shape index (κ2) is 6.19. The summed E-state index contributed by atoms with van der Waals surface area (Å²) in [5.41, 5.74) is -0.853. The van der Waals surface area contributed by atoms with Gasteiger partial charge in [-0.2, -0.15) is 0 Å². The van der Waals surface area contributed by atoms with Crippen molar-refractivity contribution in [1.82, 2.24) is 0 Å². The maximum atomic E-state index is 12.8. The molecule has 130 valence electrons. The van der Waals surface area contributed by atoms with E-state index in [-0.39, 0.29) is 46.6 Å². The zero-order valence-corrected chi connectivity index (χ0v) is 13.1. The highest BCUT2D eigenvalue weighted by atomic mass is 16.3. The maximum Gasteiger partial charge on any atom is 0.201 e. The van der Waals surface area contributed by atoms with E-state index in [1.807, 2.05) is 0 Å². The monoisotopic (exact) mass is 344 g/mol. The van der Waals surface area contributed by atoms with Gasteiger partial charge in [-0.25, -0.2) is 0 Å². The Hall–Kier alpha value is -2.90. The van der Waals surface area contributed by atoms with Crippen LogP contribution in [0.1, 0.15) is 49.7 Å². The van der Waals surface area contributed by atoms with E-state index in [1.165, 1.54) is 18.2 Å². The topological polar surface area (TPSA) is 135 Å². The molecule has 0 bridgehead atoms. The van der Waals surface area contributed by atoms with Gasteiger partial charge < -0.3 is 25.5 Å². The van der Waals surface area contributed by atoms with Gasteiger partial charge in [-0.15, -0.1) is 0 Å². The molecule has 0 fully saturated rings. The SMILES string of the molecule is O=C1c2cccc(O)c2C(=O)c2c1cc(O)c([C@@H](CO)CCO)c2O. The van der Waals surface area contributed by atoms with Crippen molar-refractivity contribution in [3.8, 4) is 17.2 Å². The molecular formula is C18H16O7. The van der Waals surface area contributed by atoms with Gasteiger partial charge in [0, 0.05) is 29.2 Å². The number of aliphatic hydroxyl groups excluding tert-OH is 2. The van der Waals surface area contributed by atoms with Gasteiger partial charge in [0.15, 0.2) is 5.78 Å². The van der Waals surface area contributed by atoms with Crippen LogP contribution in [0, 0.1) is 0 Å². The summed E-state index contributed by atoms with van der Waals surface area (Å²) in [6.07, 6.45) is 0.0420. The van der Waals surface area contributed by atoms with Gasteiger partial charge in [0.25, 0.3) is 0 Å². The highest BCUT2D eigenvalue weighted by molar-refractivity contribution is 6.30. The second-order valence-electron chi connectivity index (χ2n) is 5.83. The minimum atomic E-state index is -0.816. The van der Waals surface area contributed by atoms with Crippen LogP contribution in [0.2, 0.25) is 0 Å². The van der Waals surface area contributed by atoms with E-state index < -0.39 is 35.6 Å². The van der Waals surface area contributed by atoms with Gasteiger partial charge in [0.1, 0.15) is 17.2 Å². The van der Waals surface area contributed by atoms with Crippen molar-refractivity contribution in [2.24, 2.45) is 0 Å². The smallest absolute Gasteiger partial charge is 0.201 e. The first-order chi connectivity index (χ1) is 11.9. The second-order valence-corrected chi connectivity index (χ2v) is 5.83. The number of benzene rings is 2. The van der Waals surface area contributed by atoms with Crippen molar-refractivity contribution in [3.05, 3.63) is 52.1 Å². The van der Waals surface area contributed by atoms with Gasteiger partial charge in [0.2, 0.25) is 5.78 Å². The Balaban J connectivity index is 2.28. The van der Waals surface area contributed by atoms with Crippen LogP contribution in [0.4, 0.5) is 0 Å². The number of ketones is 2. The number of carbonyl (C=O) groups is 2. The standard InChI is InChI=1S/C18H16O7/c19-5-4-8(7-20)13-12(22)6-10-15(17(13)24)18(25)14-9(16(10)23)2-1-3-11(14)21/h1-3,6,8,19-22,24H,4-5,7H2/t8-/m1/s1. The zero-order chi connectivity index (χ0) is 18.3. The Morgan fingerprint density at radius 3 is 2.24 bits per heavy atom. The lowest BCUT2D eigenvalue weighted by atomic mass is 9.80. The van der Waals surface area contributed by atoms with E-state index in [2.05, 4.69) is 0 Å². The molecule has 2 aromatic carbocycles. The number of phenols is 3. The Morgan fingerprint density at radius 2 is 1.60 bits per heavy atom. The van der Waals surface area contributed by atoms with Crippen molar-refractivity contribution in [3.63, 3.8) is 0 Å². The summed E-state index contributed by atoms with van der Waals surface area (Å²) in [6.45, 7) is -0.790. The first-order valence-electron chi connectivity index (χ1n) is 7.64. The molecule has 1 atom stereocenters. The Bertz CT molecular complexity index is 885. The van der Waals surface area contributed by atoms with Crippen molar-refractivity contribution < 1.29 is 35.1 Å². The first kappa shape index (κ1) is 16.9. The fourth-order valence-corrected chi connectivity index (χ4v) is 3.20. The highest BCUT2D eigenvalue weighted by Gasteiger charge is 2.37. The van der Waals surface area contributed by atoms with Gasteiger partial charge in [-0.3, -0.25) is 9.59 Å². The number of rotatable bonds is 4. The summed E-state index contributed by atoms with van der Waals surface area (Å²) in [6, 6.07) is 5.12. The van der Waals surface area contributed by atoms with E-state index in [9.17, 15) is 30.0 Å². The maximum absolute atomic E-state index is 12.8. The summed E-state index contributed by atoms with van der Waals surface area (Å²) >= 11 is 0. The van der Waals surface area contributed by atoms with Crippen molar-refractivity contribution >= 4 is 11.6 Å². The molecule has 0 unspecified atom stereocenters. The third-order valence-corrected chi connectivity index (χ3v) is 4.41. The molecule has 0 heterocycles. The normalized spacial score (nSPS) is 14.2. The summed E-state index contributed by atoms with van der Waals surface area (Å²) in [5.74, 6) is -3.64. The lowest BCUT2D eigenvalue weighted by Crippen LogP contribution is -2.22. The molecular weight excluding hydrogens is 328 g/mol. The molecule has 1 aliphatic rings. The van der Waals surface area contributed by atoms with Crippen LogP contribution in [0.5, 0.6) is 17.2 Å². The van der Waals surface area contributed by atoms with E-state index in [0.29, 0.717) is 0 Å². The first-order valence-corrected chi connectivity index (χ1v) is 7.64. The molecule has 0 spiro atoms. The Kier molecular flexibility index (Phi) is 4.20. The van der Waals surface area contributed by atoms with Crippen LogP contribution in [0.15, 0.2) is 24.3 Å². The molecule has 0 saturated carbocycles. The van der Waals surface area contributed by atoms with Crippen LogP contribution in [-0.2, 0) is 0 Å². The summed E-state index contributed by atoms with van der Waals surface area (Å²) in [7, 11) is 0. The molecule has 7 nitrogen and oxygen atoms in total. The van der Waals surface area contributed by atoms with Gasteiger partial charge >= 0.3 is 0 Å². The molecule has 25 heavy (non-hydrogen) atoms. The quantitative estimate of drug-likeness (QED) is 0.477. The third kappa shape index (κ3) is 2.45. The van der Waals surface area contributed by atoms with Crippen LogP contribution in [-0.4, -0.2) is 50.3 Å². The molecule has 0 aromatic heterocycles. The number of phenolic OH excluding ortho intramolecular Hbond substituents is 3. The molecule has 0 amide bonds. The number of aliphatic hydroxyl groups is 2. The molecule has 0 aliphatic heterocycles. The molecule has 0 radical (unpaired) electrons. The number of aromatic hydroxyl groups is 3. The zero-order valence-electron chi connectivity index (χ0n) is 13.1. The van der Waals surface area contributed by atoms with E-state index >= 15 is 0 Å². The van der Waals surface area contributed by atoms with Gasteiger partial charge in [-0.05, 0) is 18.6 Å². The van der Waals surface area contributed by atoms with Crippen molar-refractivity contribution in [1.29, 1.82) is 0 Å². The average Bonchev–Trinajstić information content (AvgIpc) is 2.58. The minimum absolute atomic E-state index is 0.0156. The van der Waals surface area contributed by atoms with E-state index in [0.717, 1.165) is 6.07 Å². The fourth-order valence-electron chi connectivity index (χ4n) is 3.20.